The summed E-state index contributed by atoms with van der Waals surface area (Å²) in [4.78, 5) is 22.3. The molecule has 0 radical (unpaired) electrons. The van der Waals surface area contributed by atoms with Crippen molar-refractivity contribution in [2.24, 2.45) is 0 Å². The normalized spacial score (nSPS) is 11.0. The Morgan fingerprint density at radius 3 is 2.58 bits per heavy atom. The zero-order valence-electron chi connectivity index (χ0n) is 14.4. The quantitative estimate of drug-likeness (QED) is 0.617. The monoisotopic (exact) mass is 342 g/mol. The van der Waals surface area contributed by atoms with Crippen molar-refractivity contribution in [3.05, 3.63) is 83.0 Å². The molecule has 0 aliphatic carbocycles. The molecule has 0 saturated carbocycles. The van der Waals surface area contributed by atoms with Crippen molar-refractivity contribution in [1.29, 1.82) is 0 Å². The number of nitrogens with two attached hydrogens (primary N) is 1. The molecule has 2 aromatic carbocycles. The number of hydrogen-bond donors (Lipinski definition) is 1. The van der Waals surface area contributed by atoms with Crippen LogP contribution in [0.4, 0.5) is 5.82 Å². The number of pyridine rings is 1. The minimum absolute atomic E-state index is 0.0796. The molecule has 2 heterocycles. The second-order valence-corrected chi connectivity index (χ2v) is 6.03. The van der Waals surface area contributed by atoms with Gasteiger partial charge in [-0.1, -0.05) is 37.3 Å². The lowest BCUT2D eigenvalue weighted by atomic mass is 10.0. The van der Waals surface area contributed by atoms with Crippen LogP contribution in [0.15, 0.2) is 71.7 Å². The van der Waals surface area contributed by atoms with Gasteiger partial charge in [-0.3, -0.25) is 9.36 Å². The zero-order valence-corrected chi connectivity index (χ0v) is 14.4. The molecule has 5 heteroatoms. The predicted molar refractivity (Wildman–Crippen MR) is 104 cm³/mol. The number of fused-ring (bicyclic) bond motifs is 1. The van der Waals surface area contributed by atoms with Crippen LogP contribution < -0.4 is 11.3 Å². The molecule has 0 spiro atoms. The van der Waals surface area contributed by atoms with Gasteiger partial charge < -0.3 is 5.73 Å². The van der Waals surface area contributed by atoms with E-state index in [2.05, 4.69) is 4.98 Å². The molecule has 0 amide bonds. The Bertz CT molecular complexity index is 1150. The predicted octanol–water partition coefficient (Wildman–Crippen LogP) is 3.59. The lowest BCUT2D eigenvalue weighted by Crippen LogP contribution is -2.24. The molecular formula is C21H18N4O. The lowest BCUT2D eigenvalue weighted by molar-refractivity contribution is 0.833. The molecule has 0 saturated heterocycles. The number of aryl methyl sites for hydroxylation is 1. The summed E-state index contributed by atoms with van der Waals surface area (Å²) >= 11 is 0. The highest BCUT2D eigenvalue weighted by Crippen LogP contribution is 2.27. The number of nitrogen functional groups attached to an aromatic ring is 1. The Kier molecular flexibility index (Phi) is 3.97. The molecule has 2 N–H and O–H groups in total. The third-order valence-corrected chi connectivity index (χ3v) is 4.39. The summed E-state index contributed by atoms with van der Waals surface area (Å²) in [5.41, 5.74) is 8.91. The third kappa shape index (κ3) is 2.63. The van der Waals surface area contributed by atoms with Crippen molar-refractivity contribution in [2.75, 3.05) is 5.73 Å². The summed E-state index contributed by atoms with van der Waals surface area (Å²) in [7, 11) is 0. The van der Waals surface area contributed by atoms with Gasteiger partial charge in [0.05, 0.1) is 16.6 Å². The highest BCUT2D eigenvalue weighted by atomic mass is 16.1. The van der Waals surface area contributed by atoms with Gasteiger partial charge in [0.15, 0.2) is 0 Å². The van der Waals surface area contributed by atoms with Crippen LogP contribution in [0.2, 0.25) is 0 Å². The Hall–Kier alpha value is -3.47. The van der Waals surface area contributed by atoms with Gasteiger partial charge in [0.2, 0.25) is 0 Å². The van der Waals surface area contributed by atoms with Crippen LogP contribution in [0.25, 0.3) is 27.7 Å². The molecule has 4 aromatic rings. The van der Waals surface area contributed by atoms with Gasteiger partial charge in [0.1, 0.15) is 11.6 Å². The maximum absolute atomic E-state index is 13.5. The van der Waals surface area contributed by atoms with E-state index < -0.39 is 0 Å². The summed E-state index contributed by atoms with van der Waals surface area (Å²) in [6, 6.07) is 18.9. The van der Waals surface area contributed by atoms with Crippen molar-refractivity contribution < 1.29 is 0 Å². The zero-order chi connectivity index (χ0) is 18.1. The number of nitrogens with zero attached hydrogens (tertiary/aromatic N) is 3. The molecule has 2 aromatic heterocycles. The topological polar surface area (TPSA) is 73.8 Å². The van der Waals surface area contributed by atoms with E-state index in [1.807, 2.05) is 61.5 Å². The Morgan fingerprint density at radius 2 is 1.85 bits per heavy atom. The van der Waals surface area contributed by atoms with Crippen molar-refractivity contribution in [3.8, 4) is 16.8 Å². The summed E-state index contributed by atoms with van der Waals surface area (Å²) in [6.45, 7) is 2.00. The molecule has 0 unspecified atom stereocenters. The minimum atomic E-state index is -0.0796. The Morgan fingerprint density at radius 1 is 1.04 bits per heavy atom. The number of rotatable bonds is 3. The average Bonchev–Trinajstić information content (AvgIpc) is 2.68. The standard InChI is InChI=1S/C21H18N4O/c1-2-19-24-17-10-6-9-16(14-11-12-23-18(22)13-14)20(17)21(26)25(19)15-7-4-3-5-8-15/h3-13H,2H2,1H3,(H2,22,23). The number of para-hydroxylation sites is 1. The summed E-state index contributed by atoms with van der Waals surface area (Å²) < 4.78 is 1.69. The van der Waals surface area contributed by atoms with E-state index in [0.717, 1.165) is 22.6 Å². The second kappa shape index (κ2) is 6.44. The fourth-order valence-electron chi connectivity index (χ4n) is 3.21. The smallest absolute Gasteiger partial charge is 0.266 e. The van der Waals surface area contributed by atoms with Gasteiger partial charge >= 0.3 is 0 Å². The van der Waals surface area contributed by atoms with Crippen molar-refractivity contribution in [2.45, 2.75) is 13.3 Å². The maximum Gasteiger partial charge on any atom is 0.266 e. The van der Waals surface area contributed by atoms with Crippen LogP contribution in [0, 0.1) is 0 Å². The van der Waals surface area contributed by atoms with E-state index in [9.17, 15) is 4.79 Å². The number of hydrogen-bond acceptors (Lipinski definition) is 4. The molecule has 0 aliphatic rings. The molecule has 26 heavy (non-hydrogen) atoms. The van der Waals surface area contributed by atoms with Crippen LogP contribution in [0.5, 0.6) is 0 Å². The fraction of sp³-hybridized carbons (Fsp3) is 0.0952. The Balaban J connectivity index is 2.10. The first-order valence-corrected chi connectivity index (χ1v) is 8.51. The first-order valence-electron chi connectivity index (χ1n) is 8.51. The minimum Gasteiger partial charge on any atom is -0.384 e. The number of benzene rings is 2. The fourth-order valence-corrected chi connectivity index (χ4v) is 3.21. The first kappa shape index (κ1) is 16.0. The molecule has 0 fully saturated rings. The SMILES string of the molecule is CCc1nc2cccc(-c3ccnc(N)c3)c2c(=O)n1-c1ccccc1. The highest BCUT2D eigenvalue weighted by Gasteiger charge is 2.15. The van der Waals surface area contributed by atoms with Crippen LogP contribution in [-0.2, 0) is 6.42 Å². The third-order valence-electron chi connectivity index (χ3n) is 4.39. The van der Waals surface area contributed by atoms with E-state index in [1.165, 1.54) is 0 Å². The van der Waals surface area contributed by atoms with Crippen LogP contribution in [-0.4, -0.2) is 14.5 Å². The highest BCUT2D eigenvalue weighted by molar-refractivity contribution is 5.94. The molecule has 0 aliphatic heterocycles. The Labute approximate surface area is 150 Å². The van der Waals surface area contributed by atoms with Crippen molar-refractivity contribution in [1.82, 2.24) is 14.5 Å². The van der Waals surface area contributed by atoms with E-state index in [4.69, 9.17) is 10.7 Å². The molecule has 4 rings (SSSR count). The summed E-state index contributed by atoms with van der Waals surface area (Å²) in [5.74, 6) is 1.15. The first-order chi connectivity index (χ1) is 12.7. The average molecular weight is 342 g/mol. The summed E-state index contributed by atoms with van der Waals surface area (Å²) in [5, 5.41) is 0.583. The van der Waals surface area contributed by atoms with E-state index in [0.29, 0.717) is 23.1 Å². The largest absolute Gasteiger partial charge is 0.384 e. The molecule has 5 nitrogen and oxygen atoms in total. The molecule has 128 valence electrons. The van der Waals surface area contributed by atoms with Gasteiger partial charge in [-0.25, -0.2) is 9.97 Å². The van der Waals surface area contributed by atoms with Gasteiger partial charge in [-0.2, -0.15) is 0 Å². The van der Waals surface area contributed by atoms with Crippen LogP contribution >= 0.6 is 0 Å². The molecule has 0 atom stereocenters. The van der Waals surface area contributed by atoms with Gasteiger partial charge in [-0.05, 0) is 41.5 Å². The van der Waals surface area contributed by atoms with Gasteiger partial charge in [-0.15, -0.1) is 0 Å². The van der Waals surface area contributed by atoms with E-state index in [1.54, 1.807) is 16.8 Å². The van der Waals surface area contributed by atoms with E-state index >= 15 is 0 Å². The lowest BCUT2D eigenvalue weighted by Gasteiger charge is -2.14. The van der Waals surface area contributed by atoms with Crippen LogP contribution in [0.1, 0.15) is 12.7 Å². The van der Waals surface area contributed by atoms with Crippen LogP contribution in [0.3, 0.4) is 0 Å². The van der Waals surface area contributed by atoms with Crippen molar-refractivity contribution >= 4 is 16.7 Å². The maximum atomic E-state index is 13.5. The summed E-state index contributed by atoms with van der Waals surface area (Å²) in [6.07, 6.45) is 2.31. The van der Waals surface area contributed by atoms with Gasteiger partial charge in [0, 0.05) is 12.6 Å². The van der Waals surface area contributed by atoms with Crippen molar-refractivity contribution in [3.63, 3.8) is 0 Å². The molecule has 0 bridgehead atoms. The van der Waals surface area contributed by atoms with E-state index in [-0.39, 0.29) is 5.56 Å². The molecular weight excluding hydrogens is 324 g/mol. The van der Waals surface area contributed by atoms with Gasteiger partial charge in [0.25, 0.3) is 5.56 Å². The number of anilines is 1. The second-order valence-electron chi connectivity index (χ2n) is 6.03. The number of aromatic nitrogens is 3.